The van der Waals surface area contributed by atoms with Gasteiger partial charge in [0.2, 0.25) is 0 Å². The zero-order chi connectivity index (χ0) is 21.5. The maximum Gasteiger partial charge on any atom is 0.193 e. The average molecular weight is 442 g/mol. The van der Waals surface area contributed by atoms with Crippen LogP contribution in [0.25, 0.3) is 0 Å². The third kappa shape index (κ3) is 5.60. The van der Waals surface area contributed by atoms with E-state index in [4.69, 9.17) is 4.74 Å². The second-order valence-corrected chi connectivity index (χ2v) is 9.62. The second kappa shape index (κ2) is 10.5. The van der Waals surface area contributed by atoms with Crippen molar-refractivity contribution in [3.8, 4) is 0 Å². The molecular weight excluding hydrogens is 409 g/mol. The average Bonchev–Trinajstić information content (AvgIpc) is 3.29. The summed E-state index contributed by atoms with van der Waals surface area (Å²) in [5, 5.41) is 3.65. The van der Waals surface area contributed by atoms with E-state index >= 15 is 0 Å². The van der Waals surface area contributed by atoms with Gasteiger partial charge in [-0.3, -0.25) is 4.99 Å². The van der Waals surface area contributed by atoms with E-state index in [9.17, 15) is 4.39 Å². The normalized spacial score (nSPS) is 21.3. The van der Waals surface area contributed by atoms with Crippen LogP contribution in [0.15, 0.2) is 64.5 Å². The Morgan fingerprint density at radius 1 is 1.16 bits per heavy atom. The summed E-state index contributed by atoms with van der Waals surface area (Å²) in [5.41, 5.74) is 1.13. The number of halogens is 1. The Morgan fingerprint density at radius 2 is 1.90 bits per heavy atom. The number of hydrogen-bond acceptors (Lipinski definition) is 3. The van der Waals surface area contributed by atoms with Gasteiger partial charge in [-0.15, -0.1) is 11.8 Å². The molecule has 1 N–H and O–H groups in total. The predicted molar refractivity (Wildman–Crippen MR) is 126 cm³/mol. The van der Waals surface area contributed by atoms with Crippen LogP contribution in [-0.4, -0.2) is 56.5 Å². The van der Waals surface area contributed by atoms with Gasteiger partial charge in [0.05, 0.1) is 0 Å². The summed E-state index contributed by atoms with van der Waals surface area (Å²) in [6.45, 7) is 4.33. The molecule has 2 fully saturated rings. The van der Waals surface area contributed by atoms with Crippen molar-refractivity contribution in [3.63, 3.8) is 0 Å². The second-order valence-electron chi connectivity index (χ2n) is 8.53. The number of nitrogens with zero attached hydrogens (tertiary/aromatic N) is 2. The minimum absolute atomic E-state index is 0.0514. The first-order valence-corrected chi connectivity index (χ1v) is 12.1. The van der Waals surface area contributed by atoms with Crippen LogP contribution in [0.1, 0.15) is 24.8 Å². The van der Waals surface area contributed by atoms with Crippen LogP contribution < -0.4 is 5.32 Å². The number of nitrogens with one attached hydrogen (secondary N) is 1. The molecule has 166 valence electrons. The van der Waals surface area contributed by atoms with Crippen LogP contribution in [0.5, 0.6) is 0 Å². The van der Waals surface area contributed by atoms with Gasteiger partial charge in [0.15, 0.2) is 5.96 Å². The Labute approximate surface area is 189 Å². The largest absolute Gasteiger partial charge is 0.381 e. The van der Waals surface area contributed by atoms with Crippen LogP contribution in [0.4, 0.5) is 4.39 Å². The fraction of sp³-hybridized carbons (Fsp3) is 0.480. The van der Waals surface area contributed by atoms with Crippen molar-refractivity contribution in [1.29, 1.82) is 0 Å². The highest BCUT2D eigenvalue weighted by atomic mass is 32.2. The number of guanidine groups is 1. The minimum atomic E-state index is -0.189. The first kappa shape index (κ1) is 22.2. The van der Waals surface area contributed by atoms with Crippen molar-refractivity contribution in [3.05, 3.63) is 66.0 Å². The van der Waals surface area contributed by atoms with Gasteiger partial charge in [-0.25, -0.2) is 4.39 Å². The fourth-order valence-corrected chi connectivity index (χ4v) is 5.66. The Kier molecular flexibility index (Phi) is 7.51. The third-order valence-corrected chi connectivity index (χ3v) is 7.76. The minimum Gasteiger partial charge on any atom is -0.381 e. The number of ether oxygens (including phenoxy) is 1. The molecule has 0 aliphatic carbocycles. The topological polar surface area (TPSA) is 36.9 Å². The molecule has 2 heterocycles. The van der Waals surface area contributed by atoms with Crippen molar-refractivity contribution in [2.45, 2.75) is 29.6 Å². The van der Waals surface area contributed by atoms with E-state index in [0.717, 1.165) is 57.4 Å². The van der Waals surface area contributed by atoms with E-state index in [1.54, 1.807) is 12.1 Å². The summed E-state index contributed by atoms with van der Waals surface area (Å²) in [6, 6.07) is 17.6. The predicted octanol–water partition coefficient (Wildman–Crippen LogP) is 4.56. The monoisotopic (exact) mass is 441 g/mol. The van der Waals surface area contributed by atoms with E-state index in [0.29, 0.717) is 5.92 Å². The summed E-state index contributed by atoms with van der Waals surface area (Å²) in [6.07, 6.45) is 3.05. The molecule has 0 saturated carbocycles. The molecule has 0 aromatic heterocycles. The molecule has 2 aromatic rings. The summed E-state index contributed by atoms with van der Waals surface area (Å²) in [7, 11) is 1.86. The maximum absolute atomic E-state index is 13.5. The zero-order valence-corrected chi connectivity index (χ0v) is 19.0. The van der Waals surface area contributed by atoms with Gasteiger partial charge in [-0.05, 0) is 55.0 Å². The van der Waals surface area contributed by atoms with Crippen LogP contribution in [0, 0.1) is 11.7 Å². The standard InChI is InChI=1S/C25H32FN3OS/c1-27-24(29-14-11-20(17-29)18-31-23-5-3-2-4-6-23)28-19-25(12-15-30-16-13-25)21-7-9-22(26)10-8-21/h2-10,20H,11-19H2,1H3,(H,27,28). The number of aliphatic imine (C=N–C) groups is 1. The van der Waals surface area contributed by atoms with Gasteiger partial charge in [0.1, 0.15) is 5.82 Å². The molecule has 0 radical (unpaired) electrons. The number of rotatable bonds is 6. The SMILES string of the molecule is CN=C(NCC1(c2ccc(F)cc2)CCOCC1)N1CCC(CSc2ccccc2)C1. The number of hydrogen-bond donors (Lipinski definition) is 1. The fourth-order valence-electron chi connectivity index (χ4n) is 4.61. The summed E-state index contributed by atoms with van der Waals surface area (Å²) < 4.78 is 19.1. The van der Waals surface area contributed by atoms with Crippen molar-refractivity contribution in [1.82, 2.24) is 10.2 Å². The van der Waals surface area contributed by atoms with E-state index in [1.807, 2.05) is 30.9 Å². The smallest absolute Gasteiger partial charge is 0.193 e. The van der Waals surface area contributed by atoms with Gasteiger partial charge in [-0.1, -0.05) is 30.3 Å². The summed E-state index contributed by atoms with van der Waals surface area (Å²) in [5.74, 6) is 2.58. The molecule has 2 aromatic carbocycles. The van der Waals surface area contributed by atoms with E-state index < -0.39 is 0 Å². The molecule has 2 aliphatic heterocycles. The molecule has 4 nitrogen and oxygen atoms in total. The van der Waals surface area contributed by atoms with Gasteiger partial charge in [-0.2, -0.15) is 0 Å². The number of benzene rings is 2. The van der Waals surface area contributed by atoms with Gasteiger partial charge >= 0.3 is 0 Å². The van der Waals surface area contributed by atoms with Crippen molar-refractivity contribution in [2.24, 2.45) is 10.9 Å². The van der Waals surface area contributed by atoms with E-state index in [-0.39, 0.29) is 11.2 Å². The van der Waals surface area contributed by atoms with Crippen molar-refractivity contribution in [2.75, 3.05) is 45.6 Å². The molecule has 2 aliphatic rings. The third-order valence-electron chi connectivity index (χ3n) is 6.52. The molecule has 0 bridgehead atoms. The number of thioether (sulfide) groups is 1. The summed E-state index contributed by atoms with van der Waals surface area (Å²) >= 11 is 1.94. The molecule has 1 atom stereocenters. The molecule has 1 unspecified atom stereocenters. The van der Waals surface area contributed by atoms with Crippen molar-refractivity contribution < 1.29 is 9.13 Å². The first-order chi connectivity index (χ1) is 15.2. The highest BCUT2D eigenvalue weighted by Crippen LogP contribution is 2.34. The molecule has 6 heteroatoms. The van der Waals surface area contributed by atoms with Crippen LogP contribution in [-0.2, 0) is 10.2 Å². The molecule has 2 saturated heterocycles. The summed E-state index contributed by atoms with van der Waals surface area (Å²) in [4.78, 5) is 8.30. The highest BCUT2D eigenvalue weighted by Gasteiger charge is 2.35. The maximum atomic E-state index is 13.5. The molecule has 0 amide bonds. The quantitative estimate of drug-likeness (QED) is 0.405. The van der Waals surface area contributed by atoms with Gasteiger partial charge < -0.3 is 15.0 Å². The lowest BCUT2D eigenvalue weighted by Crippen LogP contribution is -2.49. The first-order valence-electron chi connectivity index (χ1n) is 11.2. The van der Waals surface area contributed by atoms with Crippen LogP contribution >= 0.6 is 11.8 Å². The molecule has 4 rings (SSSR count). The van der Waals surface area contributed by atoms with Crippen LogP contribution in [0.3, 0.4) is 0 Å². The Morgan fingerprint density at radius 3 is 2.61 bits per heavy atom. The zero-order valence-electron chi connectivity index (χ0n) is 18.2. The molecule has 0 spiro atoms. The Hall–Kier alpha value is -2.05. The Balaban J connectivity index is 1.35. The van der Waals surface area contributed by atoms with Crippen LogP contribution in [0.2, 0.25) is 0 Å². The van der Waals surface area contributed by atoms with Crippen molar-refractivity contribution >= 4 is 17.7 Å². The Bertz CT molecular complexity index is 853. The van der Waals surface area contributed by atoms with E-state index in [2.05, 4.69) is 45.5 Å². The molecule has 31 heavy (non-hydrogen) atoms. The van der Waals surface area contributed by atoms with E-state index in [1.165, 1.54) is 16.9 Å². The number of likely N-dealkylation sites (tertiary alicyclic amines) is 1. The van der Waals surface area contributed by atoms with Gasteiger partial charge in [0.25, 0.3) is 0 Å². The lowest BCUT2D eigenvalue weighted by atomic mass is 9.74. The lowest BCUT2D eigenvalue weighted by molar-refractivity contribution is 0.0512. The van der Waals surface area contributed by atoms with Gasteiger partial charge in [0, 0.05) is 56.0 Å². The highest BCUT2D eigenvalue weighted by molar-refractivity contribution is 7.99. The lowest BCUT2D eigenvalue weighted by Gasteiger charge is -2.39. The molecular formula is C25H32FN3OS.